The molecule has 0 bridgehead atoms. The molecule has 3 heterocycles. The van der Waals surface area contributed by atoms with Crippen molar-refractivity contribution in [2.24, 2.45) is 0 Å². The van der Waals surface area contributed by atoms with E-state index in [1.807, 2.05) is 6.92 Å². The van der Waals surface area contributed by atoms with Crippen LogP contribution < -0.4 is 5.56 Å². The highest BCUT2D eigenvalue weighted by atomic mass is 32.1. The summed E-state index contributed by atoms with van der Waals surface area (Å²) in [6, 6.07) is 0. The number of thiazole rings is 1. The molecule has 0 saturated heterocycles. The third-order valence-electron chi connectivity index (χ3n) is 3.31. The molecule has 0 aromatic carbocycles. The van der Waals surface area contributed by atoms with E-state index in [1.165, 1.54) is 22.2 Å². The molecule has 3 aromatic heterocycles. The smallest absolute Gasteiger partial charge is 0.273 e. The van der Waals surface area contributed by atoms with Crippen LogP contribution in [0.4, 0.5) is 0 Å². The third kappa shape index (κ3) is 2.86. The largest absolute Gasteiger partial charge is 0.304 e. The Morgan fingerprint density at radius 2 is 2.30 bits per heavy atom. The summed E-state index contributed by atoms with van der Waals surface area (Å²) in [4.78, 5) is 17.0. The number of tetrazole rings is 1. The fraction of sp³-hybridized carbons (Fsp3) is 0.385. The number of rotatable bonds is 6. The van der Waals surface area contributed by atoms with Gasteiger partial charge in [0.05, 0.1) is 6.54 Å². The van der Waals surface area contributed by atoms with E-state index in [0.29, 0.717) is 33.2 Å². The summed E-state index contributed by atoms with van der Waals surface area (Å²) >= 11 is 6.56. The van der Waals surface area contributed by atoms with Crippen molar-refractivity contribution < 1.29 is 0 Å². The molecule has 10 heteroatoms. The van der Waals surface area contributed by atoms with Crippen molar-refractivity contribution in [2.75, 3.05) is 0 Å². The average Bonchev–Trinajstić information content (AvgIpc) is 3.09. The lowest BCUT2D eigenvalue weighted by atomic mass is 10.4. The molecule has 0 aliphatic carbocycles. The SMILES string of the molecule is C=CCn1c(=S)sc2c(=O)n(Cc3nnnn3CCC)cnc21. The van der Waals surface area contributed by atoms with Crippen molar-refractivity contribution in [3.63, 3.8) is 0 Å². The Labute approximate surface area is 140 Å². The first-order chi connectivity index (χ1) is 11.2. The van der Waals surface area contributed by atoms with Gasteiger partial charge in [-0.3, -0.25) is 9.36 Å². The minimum atomic E-state index is -0.139. The Kier molecular flexibility index (Phi) is 4.44. The highest BCUT2D eigenvalue weighted by Gasteiger charge is 2.13. The van der Waals surface area contributed by atoms with E-state index >= 15 is 0 Å². The van der Waals surface area contributed by atoms with Crippen LogP contribution in [0.15, 0.2) is 23.8 Å². The first-order valence-corrected chi connectivity index (χ1v) is 8.33. The van der Waals surface area contributed by atoms with Crippen LogP contribution >= 0.6 is 23.6 Å². The lowest BCUT2D eigenvalue weighted by Gasteiger charge is -2.06. The van der Waals surface area contributed by atoms with Gasteiger partial charge in [-0.25, -0.2) is 9.67 Å². The number of hydrogen-bond acceptors (Lipinski definition) is 7. The van der Waals surface area contributed by atoms with Gasteiger partial charge in [-0.05, 0) is 29.1 Å². The first-order valence-electron chi connectivity index (χ1n) is 7.10. The maximum Gasteiger partial charge on any atom is 0.273 e. The van der Waals surface area contributed by atoms with Crippen LogP contribution in [-0.2, 0) is 19.6 Å². The molecule has 0 spiro atoms. The van der Waals surface area contributed by atoms with E-state index in [1.54, 1.807) is 15.3 Å². The predicted octanol–water partition coefficient (Wildman–Crippen LogP) is 1.62. The Balaban J connectivity index is 2.04. The molecular formula is C13H15N7OS2. The molecular weight excluding hydrogens is 334 g/mol. The molecule has 120 valence electrons. The van der Waals surface area contributed by atoms with Crippen molar-refractivity contribution in [1.82, 2.24) is 34.3 Å². The molecule has 0 amide bonds. The Hall–Kier alpha value is -2.20. The van der Waals surface area contributed by atoms with Crippen molar-refractivity contribution in [3.05, 3.63) is 39.1 Å². The highest BCUT2D eigenvalue weighted by Crippen LogP contribution is 2.17. The molecule has 3 rings (SSSR count). The standard InChI is InChI=1S/C13H15N7OS2/c1-3-5-19-11-10(23-13(19)22)12(21)18(8-14-11)7-9-15-16-17-20(9)6-4-2/h3,8H,1,4-7H2,2H3. The van der Waals surface area contributed by atoms with Crippen molar-refractivity contribution >= 4 is 33.9 Å². The van der Waals surface area contributed by atoms with Crippen LogP contribution in [0.5, 0.6) is 0 Å². The van der Waals surface area contributed by atoms with Crippen LogP contribution in [-0.4, -0.2) is 34.3 Å². The summed E-state index contributed by atoms with van der Waals surface area (Å²) in [6.07, 6.45) is 4.15. The van der Waals surface area contributed by atoms with Crippen molar-refractivity contribution in [3.8, 4) is 0 Å². The molecule has 8 nitrogen and oxygen atoms in total. The van der Waals surface area contributed by atoms with Gasteiger partial charge < -0.3 is 4.57 Å². The number of allylic oxidation sites excluding steroid dienone is 1. The lowest BCUT2D eigenvalue weighted by Crippen LogP contribution is -2.23. The van der Waals surface area contributed by atoms with E-state index in [4.69, 9.17) is 12.2 Å². The minimum Gasteiger partial charge on any atom is -0.304 e. The minimum absolute atomic E-state index is 0.139. The van der Waals surface area contributed by atoms with E-state index in [0.717, 1.165) is 6.42 Å². The molecule has 0 aliphatic rings. The normalized spacial score (nSPS) is 11.2. The number of fused-ring (bicyclic) bond motifs is 1. The van der Waals surface area contributed by atoms with Crippen LogP contribution in [0.1, 0.15) is 19.2 Å². The van der Waals surface area contributed by atoms with Gasteiger partial charge in [-0.15, -0.1) is 11.7 Å². The quantitative estimate of drug-likeness (QED) is 0.497. The van der Waals surface area contributed by atoms with Gasteiger partial charge in [0.25, 0.3) is 5.56 Å². The summed E-state index contributed by atoms with van der Waals surface area (Å²) < 4.78 is 6.15. The Morgan fingerprint density at radius 1 is 1.48 bits per heavy atom. The van der Waals surface area contributed by atoms with Gasteiger partial charge in [0.15, 0.2) is 15.4 Å². The predicted molar refractivity (Wildman–Crippen MR) is 90.1 cm³/mol. The molecule has 0 unspecified atom stereocenters. The molecule has 0 saturated carbocycles. The summed E-state index contributed by atoms with van der Waals surface area (Å²) in [5.41, 5.74) is 0.453. The van der Waals surface area contributed by atoms with Crippen LogP contribution in [0, 0.1) is 3.95 Å². The number of nitrogens with zero attached hydrogens (tertiary/aromatic N) is 7. The molecule has 0 N–H and O–H groups in total. The highest BCUT2D eigenvalue weighted by molar-refractivity contribution is 7.73. The molecule has 0 fully saturated rings. The fourth-order valence-electron chi connectivity index (χ4n) is 2.25. The zero-order chi connectivity index (χ0) is 16.4. The van der Waals surface area contributed by atoms with E-state index in [2.05, 4.69) is 27.1 Å². The van der Waals surface area contributed by atoms with Crippen LogP contribution in [0.2, 0.25) is 0 Å². The summed E-state index contributed by atoms with van der Waals surface area (Å²) in [5.74, 6) is 0.629. The van der Waals surface area contributed by atoms with E-state index in [9.17, 15) is 4.79 Å². The first kappa shape index (κ1) is 15.7. The Bertz CT molecular complexity index is 965. The molecule has 23 heavy (non-hydrogen) atoms. The van der Waals surface area contributed by atoms with Crippen molar-refractivity contribution in [2.45, 2.75) is 33.0 Å². The van der Waals surface area contributed by atoms with Gasteiger partial charge in [-0.2, -0.15) is 0 Å². The molecule has 3 aromatic rings. The number of aromatic nitrogens is 7. The number of hydrogen-bond donors (Lipinski definition) is 0. The monoisotopic (exact) mass is 349 g/mol. The lowest BCUT2D eigenvalue weighted by molar-refractivity contribution is 0.540. The second-order valence-corrected chi connectivity index (χ2v) is 6.56. The second-order valence-electron chi connectivity index (χ2n) is 4.92. The topological polar surface area (TPSA) is 83.4 Å². The van der Waals surface area contributed by atoms with Crippen LogP contribution in [0.25, 0.3) is 10.3 Å². The molecule has 0 aliphatic heterocycles. The molecule has 0 radical (unpaired) electrons. The third-order valence-corrected chi connectivity index (χ3v) is 4.73. The fourth-order valence-corrected chi connectivity index (χ4v) is 3.56. The molecule has 0 atom stereocenters. The number of aryl methyl sites for hydroxylation is 1. The van der Waals surface area contributed by atoms with E-state index in [-0.39, 0.29) is 12.1 Å². The second kappa shape index (κ2) is 6.50. The van der Waals surface area contributed by atoms with E-state index < -0.39 is 0 Å². The van der Waals surface area contributed by atoms with Gasteiger partial charge >= 0.3 is 0 Å². The van der Waals surface area contributed by atoms with Crippen molar-refractivity contribution in [1.29, 1.82) is 0 Å². The summed E-state index contributed by atoms with van der Waals surface area (Å²) in [5, 5.41) is 11.6. The average molecular weight is 349 g/mol. The summed E-state index contributed by atoms with van der Waals surface area (Å²) in [7, 11) is 0. The van der Waals surface area contributed by atoms with Gasteiger partial charge in [0.1, 0.15) is 11.0 Å². The maximum atomic E-state index is 12.7. The summed E-state index contributed by atoms with van der Waals surface area (Å²) in [6.45, 7) is 7.26. The zero-order valence-electron chi connectivity index (χ0n) is 12.5. The van der Waals surface area contributed by atoms with Gasteiger partial charge in [-0.1, -0.05) is 24.3 Å². The van der Waals surface area contributed by atoms with Gasteiger partial charge in [0, 0.05) is 13.1 Å². The van der Waals surface area contributed by atoms with Crippen LogP contribution in [0.3, 0.4) is 0 Å². The van der Waals surface area contributed by atoms with Gasteiger partial charge in [0.2, 0.25) is 0 Å². The Morgan fingerprint density at radius 3 is 3.04 bits per heavy atom. The zero-order valence-corrected chi connectivity index (χ0v) is 14.2. The maximum absolute atomic E-state index is 12.7.